The van der Waals surface area contributed by atoms with Crippen molar-refractivity contribution in [2.75, 3.05) is 7.11 Å². The number of aliphatic hydroxyl groups excluding tert-OH is 2. The molecule has 1 aromatic carbocycles. The fourth-order valence-electron chi connectivity index (χ4n) is 1.54. The summed E-state index contributed by atoms with van der Waals surface area (Å²) < 4.78 is 41.6. The number of esters is 1. The number of methoxy groups -OCH3 is 1. The Balaban J connectivity index is 3.19. The predicted octanol–water partition coefficient (Wildman–Crippen LogP) is 1.09. The van der Waals surface area contributed by atoms with Gasteiger partial charge in [-0.3, -0.25) is 4.79 Å². The number of carbonyl (C=O) groups excluding carboxylic acids is 2. The van der Waals surface area contributed by atoms with Crippen molar-refractivity contribution in [2.24, 2.45) is 0 Å². The number of aliphatic hydroxyl groups is 2. The van der Waals surface area contributed by atoms with E-state index in [1.807, 2.05) is 0 Å². The first-order valence-electron chi connectivity index (χ1n) is 5.32. The molecule has 2 unspecified atom stereocenters. The maximum atomic E-state index is 12.5. The summed E-state index contributed by atoms with van der Waals surface area (Å²) in [5, 5.41) is 19.1. The molecule has 0 amide bonds. The molecule has 0 aromatic heterocycles. The third kappa shape index (κ3) is 3.34. The van der Waals surface area contributed by atoms with E-state index in [2.05, 4.69) is 4.74 Å². The van der Waals surface area contributed by atoms with Gasteiger partial charge >= 0.3 is 12.1 Å². The second-order valence-corrected chi connectivity index (χ2v) is 3.87. The van der Waals surface area contributed by atoms with Gasteiger partial charge in [0.1, 0.15) is 12.4 Å². The topological polar surface area (TPSA) is 83.8 Å². The van der Waals surface area contributed by atoms with Gasteiger partial charge in [-0.1, -0.05) is 6.07 Å². The molecule has 20 heavy (non-hydrogen) atoms. The van der Waals surface area contributed by atoms with Crippen LogP contribution in [0.15, 0.2) is 18.2 Å². The molecule has 2 atom stereocenters. The third-order valence-electron chi connectivity index (χ3n) is 2.60. The van der Waals surface area contributed by atoms with Crippen LogP contribution < -0.4 is 0 Å². The second-order valence-electron chi connectivity index (χ2n) is 3.87. The van der Waals surface area contributed by atoms with E-state index in [4.69, 9.17) is 0 Å². The van der Waals surface area contributed by atoms with Gasteiger partial charge in [-0.2, -0.15) is 13.2 Å². The van der Waals surface area contributed by atoms with Crippen LogP contribution >= 0.6 is 0 Å². The minimum Gasteiger partial charge on any atom is -0.467 e. The number of alkyl halides is 3. The summed E-state index contributed by atoms with van der Waals surface area (Å²) in [6.45, 7) is 0. The number of carbonyl (C=O) groups is 2. The first kappa shape index (κ1) is 16.1. The number of ether oxygens (including phenoxy) is 1. The van der Waals surface area contributed by atoms with Gasteiger partial charge in [-0.05, 0) is 17.7 Å². The molecule has 0 saturated heterocycles. The van der Waals surface area contributed by atoms with Gasteiger partial charge in [0, 0.05) is 5.56 Å². The summed E-state index contributed by atoms with van der Waals surface area (Å²) in [6.07, 6.45) is -8.43. The van der Waals surface area contributed by atoms with Crippen molar-refractivity contribution >= 4 is 12.3 Å². The Bertz CT molecular complexity index is 512. The zero-order valence-electron chi connectivity index (χ0n) is 10.2. The van der Waals surface area contributed by atoms with E-state index in [1.54, 1.807) is 0 Å². The average molecular weight is 292 g/mol. The number of aldehydes is 1. The molecule has 0 radical (unpaired) electrons. The second kappa shape index (κ2) is 6.02. The SMILES string of the molecule is COC(=O)C(O)C(O)c1ccc(C(F)(F)F)cc1C=O. The van der Waals surface area contributed by atoms with Crippen LogP contribution in [-0.2, 0) is 15.7 Å². The lowest BCUT2D eigenvalue weighted by molar-refractivity contribution is -0.156. The predicted molar refractivity (Wildman–Crippen MR) is 59.8 cm³/mol. The summed E-state index contributed by atoms with van der Waals surface area (Å²) in [5.41, 5.74) is -1.86. The molecular formula is C12H11F3O5. The molecule has 0 bridgehead atoms. The zero-order valence-corrected chi connectivity index (χ0v) is 10.2. The van der Waals surface area contributed by atoms with Crippen LogP contribution in [0.3, 0.4) is 0 Å². The summed E-state index contributed by atoms with van der Waals surface area (Å²) >= 11 is 0. The van der Waals surface area contributed by atoms with Crippen molar-refractivity contribution in [3.05, 3.63) is 34.9 Å². The Morgan fingerprint density at radius 3 is 2.40 bits per heavy atom. The Morgan fingerprint density at radius 2 is 1.95 bits per heavy atom. The molecule has 0 heterocycles. The van der Waals surface area contributed by atoms with Crippen molar-refractivity contribution in [1.29, 1.82) is 0 Å². The van der Waals surface area contributed by atoms with E-state index in [9.17, 15) is 33.0 Å². The molecule has 0 aliphatic heterocycles. The van der Waals surface area contributed by atoms with E-state index in [1.165, 1.54) is 0 Å². The first-order valence-corrected chi connectivity index (χ1v) is 5.32. The number of rotatable bonds is 4. The first-order chi connectivity index (χ1) is 9.22. The zero-order chi connectivity index (χ0) is 15.5. The molecule has 1 rings (SSSR count). The fourth-order valence-corrected chi connectivity index (χ4v) is 1.54. The summed E-state index contributed by atoms with van der Waals surface area (Å²) in [7, 11) is 0.964. The Hall–Kier alpha value is -1.93. The van der Waals surface area contributed by atoms with Crippen LogP contribution in [0, 0.1) is 0 Å². The van der Waals surface area contributed by atoms with E-state index < -0.39 is 35.5 Å². The lowest BCUT2D eigenvalue weighted by Crippen LogP contribution is -2.29. The van der Waals surface area contributed by atoms with Gasteiger partial charge in [0.05, 0.1) is 12.7 Å². The molecular weight excluding hydrogens is 281 g/mol. The van der Waals surface area contributed by atoms with E-state index >= 15 is 0 Å². The summed E-state index contributed by atoms with van der Waals surface area (Å²) in [6, 6.07) is 1.98. The molecule has 0 aliphatic carbocycles. The van der Waals surface area contributed by atoms with Crippen LogP contribution in [-0.4, -0.2) is 35.7 Å². The summed E-state index contributed by atoms with van der Waals surface area (Å²) in [4.78, 5) is 21.8. The number of hydrogen-bond acceptors (Lipinski definition) is 5. The molecule has 5 nitrogen and oxygen atoms in total. The van der Waals surface area contributed by atoms with Gasteiger partial charge in [0.2, 0.25) is 0 Å². The van der Waals surface area contributed by atoms with Gasteiger partial charge < -0.3 is 14.9 Å². The minimum absolute atomic E-state index is 0.0950. The van der Waals surface area contributed by atoms with Crippen LogP contribution in [0.25, 0.3) is 0 Å². The molecule has 0 aliphatic rings. The van der Waals surface area contributed by atoms with Crippen molar-refractivity contribution < 1.29 is 37.7 Å². The average Bonchev–Trinajstić information content (AvgIpc) is 2.43. The van der Waals surface area contributed by atoms with Gasteiger partial charge in [0.25, 0.3) is 0 Å². The highest BCUT2D eigenvalue weighted by molar-refractivity contribution is 5.80. The van der Waals surface area contributed by atoms with Gasteiger partial charge in [-0.15, -0.1) is 0 Å². The van der Waals surface area contributed by atoms with E-state index in [-0.39, 0.29) is 11.8 Å². The molecule has 110 valence electrons. The largest absolute Gasteiger partial charge is 0.467 e. The maximum absolute atomic E-state index is 12.5. The molecule has 0 saturated carbocycles. The smallest absolute Gasteiger partial charge is 0.416 e. The molecule has 1 aromatic rings. The van der Waals surface area contributed by atoms with Crippen LogP contribution in [0.4, 0.5) is 13.2 Å². The van der Waals surface area contributed by atoms with Crippen molar-refractivity contribution in [2.45, 2.75) is 18.4 Å². The van der Waals surface area contributed by atoms with Crippen LogP contribution in [0.5, 0.6) is 0 Å². The lowest BCUT2D eigenvalue weighted by atomic mass is 9.97. The fraction of sp³-hybridized carbons (Fsp3) is 0.333. The highest BCUT2D eigenvalue weighted by atomic mass is 19.4. The van der Waals surface area contributed by atoms with E-state index in [0.717, 1.165) is 13.2 Å². The van der Waals surface area contributed by atoms with Gasteiger partial charge in [-0.25, -0.2) is 4.79 Å². The molecule has 0 fully saturated rings. The lowest BCUT2D eigenvalue weighted by Gasteiger charge is -2.18. The standard InChI is InChI=1S/C12H11F3O5/c1-20-11(19)10(18)9(17)8-3-2-7(12(13,14)15)4-6(8)5-16/h2-5,9-10,17-18H,1H3. The number of benzene rings is 1. The highest BCUT2D eigenvalue weighted by Gasteiger charge is 2.33. The number of hydrogen-bond donors (Lipinski definition) is 2. The van der Waals surface area contributed by atoms with Crippen LogP contribution in [0.2, 0.25) is 0 Å². The van der Waals surface area contributed by atoms with Gasteiger partial charge in [0.15, 0.2) is 6.10 Å². The normalized spacial score (nSPS) is 14.5. The monoisotopic (exact) mass is 292 g/mol. The Labute approximate surface area is 111 Å². The molecule has 0 spiro atoms. The summed E-state index contributed by atoms with van der Waals surface area (Å²) in [5.74, 6) is -1.17. The molecule has 8 heteroatoms. The third-order valence-corrected chi connectivity index (χ3v) is 2.60. The van der Waals surface area contributed by atoms with Crippen molar-refractivity contribution in [3.63, 3.8) is 0 Å². The number of halogens is 3. The highest BCUT2D eigenvalue weighted by Crippen LogP contribution is 2.32. The minimum atomic E-state index is -4.65. The maximum Gasteiger partial charge on any atom is 0.416 e. The van der Waals surface area contributed by atoms with Crippen molar-refractivity contribution in [1.82, 2.24) is 0 Å². The quantitative estimate of drug-likeness (QED) is 0.641. The van der Waals surface area contributed by atoms with E-state index in [0.29, 0.717) is 12.1 Å². The van der Waals surface area contributed by atoms with Crippen molar-refractivity contribution in [3.8, 4) is 0 Å². The Morgan fingerprint density at radius 1 is 1.35 bits per heavy atom. The molecule has 2 N–H and O–H groups in total. The Kier molecular flexibility index (Phi) is 4.85. The van der Waals surface area contributed by atoms with Crippen LogP contribution in [0.1, 0.15) is 27.6 Å².